The van der Waals surface area contributed by atoms with Gasteiger partial charge in [-0.05, 0) is 60.7 Å². The third kappa shape index (κ3) is 4.11. The molecule has 2 aromatic rings. The maximum Gasteiger partial charge on any atom is 0.223 e. The predicted octanol–water partition coefficient (Wildman–Crippen LogP) is 4.43. The van der Waals surface area contributed by atoms with Crippen LogP contribution in [0.2, 0.25) is 0 Å². The van der Waals surface area contributed by atoms with Gasteiger partial charge < -0.3 is 19.3 Å². The Bertz CT molecular complexity index is 1000. The van der Waals surface area contributed by atoms with Gasteiger partial charge in [0, 0.05) is 43.5 Å². The van der Waals surface area contributed by atoms with Crippen molar-refractivity contribution in [3.05, 3.63) is 59.3 Å². The normalized spacial score (nSPS) is 20.7. The van der Waals surface area contributed by atoms with Crippen LogP contribution in [-0.4, -0.2) is 50.3 Å². The number of carbonyl (C=O) groups excluding carboxylic acids is 1. The van der Waals surface area contributed by atoms with E-state index in [1.807, 2.05) is 49.5 Å². The molecule has 5 nitrogen and oxygen atoms in total. The van der Waals surface area contributed by atoms with E-state index < -0.39 is 6.17 Å². The average molecular weight is 425 g/mol. The summed E-state index contributed by atoms with van der Waals surface area (Å²) < 4.78 is 24.7. The standard InChI is InChI=1S/C25H29FN2O3/c1-16-11-19-12-24(30-3)25(31-4)13-22(19)23(15-28(16)17(2)29)18-5-7-21(8-6-18)27-10-9-20(26)14-27/h5-8,12-13,15-16,20H,9-11,14H2,1-4H3/t16?,20-/m0/s1. The fourth-order valence-electron chi connectivity index (χ4n) is 4.53. The molecular formula is C25H29FN2O3. The molecule has 1 unspecified atom stereocenters. The first-order valence-electron chi connectivity index (χ1n) is 10.7. The molecule has 0 spiro atoms. The summed E-state index contributed by atoms with van der Waals surface area (Å²) in [6.07, 6.45) is 2.46. The smallest absolute Gasteiger partial charge is 0.223 e. The number of carbonyl (C=O) groups is 1. The number of halogens is 1. The van der Waals surface area contributed by atoms with Crippen LogP contribution >= 0.6 is 0 Å². The van der Waals surface area contributed by atoms with Crippen molar-refractivity contribution in [1.82, 2.24) is 4.90 Å². The van der Waals surface area contributed by atoms with E-state index in [1.165, 1.54) is 0 Å². The van der Waals surface area contributed by atoms with Gasteiger partial charge in [-0.2, -0.15) is 0 Å². The Morgan fingerprint density at radius 2 is 1.77 bits per heavy atom. The van der Waals surface area contributed by atoms with Gasteiger partial charge in [0.2, 0.25) is 5.91 Å². The lowest BCUT2D eigenvalue weighted by Crippen LogP contribution is -2.33. The Morgan fingerprint density at radius 1 is 1.10 bits per heavy atom. The molecule has 0 radical (unpaired) electrons. The van der Waals surface area contributed by atoms with Crippen LogP contribution in [0.25, 0.3) is 5.57 Å². The Labute approximate surface area is 183 Å². The molecule has 1 saturated heterocycles. The summed E-state index contributed by atoms with van der Waals surface area (Å²) in [7, 11) is 3.25. The summed E-state index contributed by atoms with van der Waals surface area (Å²) in [5.41, 5.74) is 5.08. The van der Waals surface area contributed by atoms with E-state index in [0.717, 1.165) is 34.5 Å². The number of methoxy groups -OCH3 is 2. The van der Waals surface area contributed by atoms with Crippen molar-refractivity contribution in [3.63, 3.8) is 0 Å². The number of hydrogen-bond acceptors (Lipinski definition) is 4. The topological polar surface area (TPSA) is 42.0 Å². The van der Waals surface area contributed by atoms with Crippen LogP contribution in [0.3, 0.4) is 0 Å². The first-order chi connectivity index (χ1) is 14.9. The molecule has 0 N–H and O–H groups in total. The van der Waals surface area contributed by atoms with E-state index in [1.54, 1.807) is 26.0 Å². The summed E-state index contributed by atoms with van der Waals surface area (Å²) >= 11 is 0. The van der Waals surface area contributed by atoms with Crippen LogP contribution in [0.15, 0.2) is 42.6 Å². The molecule has 2 heterocycles. The minimum absolute atomic E-state index is 0.000546. The second kappa shape index (κ2) is 8.61. The minimum atomic E-state index is -0.760. The zero-order valence-electron chi connectivity index (χ0n) is 18.5. The molecule has 6 heteroatoms. The number of alkyl halides is 1. The summed E-state index contributed by atoms with van der Waals surface area (Å²) in [5.74, 6) is 1.33. The lowest BCUT2D eigenvalue weighted by molar-refractivity contribution is -0.127. The Balaban J connectivity index is 1.80. The fraction of sp³-hybridized carbons (Fsp3) is 0.400. The highest BCUT2D eigenvalue weighted by Crippen LogP contribution is 2.39. The maximum absolute atomic E-state index is 13.6. The van der Waals surface area contributed by atoms with Crippen molar-refractivity contribution in [2.75, 3.05) is 32.2 Å². The quantitative estimate of drug-likeness (QED) is 0.728. The first kappa shape index (κ1) is 21.2. The van der Waals surface area contributed by atoms with Crippen molar-refractivity contribution in [3.8, 4) is 11.5 Å². The Morgan fingerprint density at radius 3 is 2.35 bits per heavy atom. The monoisotopic (exact) mass is 424 g/mol. The zero-order chi connectivity index (χ0) is 22.1. The highest BCUT2D eigenvalue weighted by atomic mass is 19.1. The number of rotatable bonds is 4. The number of hydrogen-bond donors (Lipinski definition) is 0. The molecule has 31 heavy (non-hydrogen) atoms. The molecule has 0 bridgehead atoms. The average Bonchev–Trinajstić information content (AvgIpc) is 3.14. The molecule has 0 aromatic heterocycles. The van der Waals surface area contributed by atoms with Crippen molar-refractivity contribution in [2.45, 2.75) is 38.9 Å². The summed E-state index contributed by atoms with van der Waals surface area (Å²) in [4.78, 5) is 16.2. The maximum atomic E-state index is 13.6. The van der Waals surface area contributed by atoms with Crippen LogP contribution in [0.5, 0.6) is 11.5 Å². The number of amides is 1. The van der Waals surface area contributed by atoms with Gasteiger partial charge >= 0.3 is 0 Å². The molecule has 4 rings (SSSR count). The van der Waals surface area contributed by atoms with Gasteiger partial charge in [0.1, 0.15) is 6.17 Å². The Kier molecular flexibility index (Phi) is 5.90. The van der Waals surface area contributed by atoms with Gasteiger partial charge in [0.15, 0.2) is 11.5 Å². The molecule has 0 saturated carbocycles. The van der Waals surface area contributed by atoms with E-state index >= 15 is 0 Å². The van der Waals surface area contributed by atoms with Crippen molar-refractivity contribution < 1.29 is 18.7 Å². The van der Waals surface area contributed by atoms with E-state index in [9.17, 15) is 9.18 Å². The molecule has 2 aliphatic rings. The van der Waals surface area contributed by atoms with Crippen molar-refractivity contribution in [2.24, 2.45) is 0 Å². The van der Waals surface area contributed by atoms with Crippen LogP contribution < -0.4 is 14.4 Å². The first-order valence-corrected chi connectivity index (χ1v) is 10.7. The minimum Gasteiger partial charge on any atom is -0.493 e. The van der Waals surface area contributed by atoms with Gasteiger partial charge in [-0.3, -0.25) is 4.79 Å². The summed E-state index contributed by atoms with van der Waals surface area (Å²) in [6, 6.07) is 12.1. The predicted molar refractivity (Wildman–Crippen MR) is 120 cm³/mol. The van der Waals surface area contributed by atoms with Gasteiger partial charge in [-0.15, -0.1) is 0 Å². The van der Waals surface area contributed by atoms with Crippen LogP contribution in [0.1, 0.15) is 37.0 Å². The van der Waals surface area contributed by atoms with E-state index in [0.29, 0.717) is 30.9 Å². The van der Waals surface area contributed by atoms with E-state index in [2.05, 4.69) is 4.90 Å². The lowest BCUT2D eigenvalue weighted by Gasteiger charge is -2.23. The van der Waals surface area contributed by atoms with Crippen molar-refractivity contribution in [1.29, 1.82) is 0 Å². The Hall–Kier alpha value is -3.02. The molecule has 2 aromatic carbocycles. The summed E-state index contributed by atoms with van der Waals surface area (Å²) in [5, 5.41) is 0. The van der Waals surface area contributed by atoms with Crippen molar-refractivity contribution >= 4 is 17.2 Å². The molecule has 0 aliphatic carbocycles. The van der Waals surface area contributed by atoms with Crippen LogP contribution in [-0.2, 0) is 11.2 Å². The molecule has 164 valence electrons. The number of benzene rings is 2. The number of nitrogens with zero attached hydrogens (tertiary/aromatic N) is 2. The van der Waals surface area contributed by atoms with Gasteiger partial charge in [0.05, 0.1) is 14.2 Å². The van der Waals surface area contributed by atoms with Gasteiger partial charge in [-0.1, -0.05) is 12.1 Å². The molecular weight excluding hydrogens is 395 g/mol. The van der Waals surface area contributed by atoms with Crippen LogP contribution in [0, 0.1) is 0 Å². The van der Waals surface area contributed by atoms with Crippen LogP contribution in [0.4, 0.5) is 10.1 Å². The summed E-state index contributed by atoms with van der Waals surface area (Å²) in [6.45, 7) is 4.81. The SMILES string of the molecule is COc1cc2c(cc1OC)C(c1ccc(N3CC[C@H](F)C3)cc1)=CN(C(C)=O)C(C)C2. The number of fused-ring (bicyclic) bond motifs is 1. The zero-order valence-corrected chi connectivity index (χ0v) is 18.5. The lowest BCUT2D eigenvalue weighted by atomic mass is 9.92. The highest BCUT2D eigenvalue weighted by molar-refractivity contribution is 5.87. The second-order valence-corrected chi connectivity index (χ2v) is 8.27. The number of anilines is 1. The highest BCUT2D eigenvalue weighted by Gasteiger charge is 2.26. The van der Waals surface area contributed by atoms with E-state index in [-0.39, 0.29) is 11.9 Å². The molecule has 1 amide bonds. The van der Waals surface area contributed by atoms with E-state index in [4.69, 9.17) is 9.47 Å². The third-order valence-electron chi connectivity index (χ3n) is 6.20. The number of ether oxygens (including phenoxy) is 2. The largest absolute Gasteiger partial charge is 0.493 e. The second-order valence-electron chi connectivity index (χ2n) is 8.27. The van der Waals surface area contributed by atoms with Gasteiger partial charge in [-0.25, -0.2) is 4.39 Å². The third-order valence-corrected chi connectivity index (χ3v) is 6.20. The fourth-order valence-corrected chi connectivity index (χ4v) is 4.53. The molecule has 2 aliphatic heterocycles. The molecule has 1 fully saturated rings. The van der Waals surface area contributed by atoms with Gasteiger partial charge in [0.25, 0.3) is 0 Å². The molecule has 2 atom stereocenters.